The molecule has 1 unspecified atom stereocenters. The molecule has 9 heavy (non-hydrogen) atoms. The fraction of sp³-hybridized carbons (Fsp3) is 0.571. The van der Waals surface area contributed by atoms with Crippen molar-refractivity contribution in [3.63, 3.8) is 0 Å². The molecule has 0 spiro atoms. The normalized spacial score (nSPS) is 33.1. The summed E-state index contributed by atoms with van der Waals surface area (Å²) in [5.41, 5.74) is -0.0538. The topological polar surface area (TPSA) is 32.6 Å². The highest BCUT2D eigenvalue weighted by Gasteiger charge is 2.19. The molecule has 50 valence electrons. The van der Waals surface area contributed by atoms with E-state index in [-0.39, 0.29) is 12.0 Å². The van der Waals surface area contributed by atoms with Crippen LogP contribution in [0.2, 0.25) is 0 Å². The fourth-order valence-corrected chi connectivity index (χ4v) is 0.730. The summed E-state index contributed by atoms with van der Waals surface area (Å²) >= 11 is 0. The van der Waals surface area contributed by atoms with Gasteiger partial charge < -0.3 is 5.11 Å². The second-order valence-electron chi connectivity index (χ2n) is 2.66. The molecule has 2 nitrogen and oxygen atoms in total. The zero-order chi connectivity index (χ0) is 6.74. The van der Waals surface area contributed by atoms with Crippen LogP contribution in [-0.4, -0.2) is 17.9 Å². The Kier molecular flexibility index (Phi) is 1.67. The zero-order valence-corrected chi connectivity index (χ0v) is 5.54. The van der Waals surface area contributed by atoms with Crippen molar-refractivity contribution in [1.29, 1.82) is 0 Å². The third-order valence-electron chi connectivity index (χ3n) is 1.59. The smallest absolute Gasteiger partial charge is 0.0523 e. The van der Waals surface area contributed by atoms with E-state index in [1.807, 2.05) is 19.2 Å². The van der Waals surface area contributed by atoms with Gasteiger partial charge in [0.1, 0.15) is 0 Å². The number of hydrogen-bond acceptors (Lipinski definition) is 2. The van der Waals surface area contributed by atoms with Crippen LogP contribution in [-0.2, 0) is 0 Å². The Morgan fingerprint density at radius 1 is 1.78 bits per heavy atom. The van der Waals surface area contributed by atoms with Gasteiger partial charge in [-0.05, 0) is 6.42 Å². The predicted octanol–water partition coefficient (Wildman–Crippen LogP) is 0.973. The van der Waals surface area contributed by atoms with Crippen molar-refractivity contribution in [2.75, 3.05) is 6.61 Å². The van der Waals surface area contributed by atoms with Gasteiger partial charge in [0.25, 0.3) is 0 Å². The van der Waals surface area contributed by atoms with Gasteiger partial charge in [0.2, 0.25) is 0 Å². The van der Waals surface area contributed by atoms with Crippen LogP contribution in [0.25, 0.3) is 0 Å². The lowest BCUT2D eigenvalue weighted by atomic mass is 9.87. The molecule has 1 aliphatic heterocycles. The van der Waals surface area contributed by atoms with Crippen molar-refractivity contribution < 1.29 is 5.11 Å². The van der Waals surface area contributed by atoms with Crippen LogP contribution in [0, 0.1) is 5.41 Å². The van der Waals surface area contributed by atoms with E-state index in [4.69, 9.17) is 5.11 Å². The average molecular weight is 125 g/mol. The quantitative estimate of drug-likeness (QED) is 0.556. The van der Waals surface area contributed by atoms with Gasteiger partial charge in [-0.25, -0.2) is 0 Å². The van der Waals surface area contributed by atoms with Crippen LogP contribution in [0.5, 0.6) is 0 Å². The van der Waals surface area contributed by atoms with Gasteiger partial charge in [0.15, 0.2) is 0 Å². The van der Waals surface area contributed by atoms with Crippen LogP contribution in [0.1, 0.15) is 13.3 Å². The number of aliphatic hydroxyl groups excluding tert-OH is 1. The van der Waals surface area contributed by atoms with E-state index in [9.17, 15) is 0 Å². The van der Waals surface area contributed by atoms with E-state index >= 15 is 0 Å². The first kappa shape index (κ1) is 6.49. The third kappa shape index (κ3) is 1.39. The summed E-state index contributed by atoms with van der Waals surface area (Å²) in [7, 11) is 0. The van der Waals surface area contributed by atoms with E-state index in [1.165, 1.54) is 0 Å². The Balaban J connectivity index is 2.63. The molecule has 1 rings (SSSR count). The lowest BCUT2D eigenvalue weighted by Gasteiger charge is -2.21. The van der Waals surface area contributed by atoms with Gasteiger partial charge in [-0.1, -0.05) is 13.0 Å². The second kappa shape index (κ2) is 2.31. The molecule has 1 aliphatic rings. The monoisotopic (exact) mass is 125 g/mol. The van der Waals surface area contributed by atoms with E-state index in [2.05, 4.69) is 4.99 Å². The number of rotatable bonds is 1. The molecule has 0 radical (unpaired) electrons. The Bertz CT molecular complexity index is 151. The molecule has 1 N–H and O–H groups in total. The maximum absolute atomic E-state index is 8.84. The summed E-state index contributed by atoms with van der Waals surface area (Å²) < 4.78 is 0. The zero-order valence-electron chi connectivity index (χ0n) is 5.54. The Morgan fingerprint density at radius 2 is 2.56 bits per heavy atom. The van der Waals surface area contributed by atoms with Crippen LogP contribution in [0.15, 0.2) is 17.3 Å². The molecule has 0 aliphatic carbocycles. The minimum Gasteiger partial charge on any atom is -0.395 e. The average Bonchev–Trinajstić information content (AvgIpc) is 1.90. The van der Waals surface area contributed by atoms with Gasteiger partial charge in [-0.2, -0.15) is 0 Å². The summed E-state index contributed by atoms with van der Waals surface area (Å²) in [4.78, 5) is 3.90. The lowest BCUT2D eigenvalue weighted by Crippen LogP contribution is -2.20. The van der Waals surface area contributed by atoms with Gasteiger partial charge >= 0.3 is 0 Å². The number of hydrogen-bond donors (Lipinski definition) is 1. The summed E-state index contributed by atoms with van der Waals surface area (Å²) in [6.45, 7) is 2.21. The standard InChI is InChI=1S/C7H11NO/c1-7(6-9)2-4-8-5-3-7/h2,4-5,9H,3,6H2,1H3. The predicted molar refractivity (Wildman–Crippen MR) is 37.4 cm³/mol. The van der Waals surface area contributed by atoms with Crippen LogP contribution in [0.4, 0.5) is 0 Å². The van der Waals surface area contributed by atoms with Crippen molar-refractivity contribution in [2.24, 2.45) is 10.4 Å². The summed E-state index contributed by atoms with van der Waals surface area (Å²) in [5, 5.41) is 8.84. The Labute approximate surface area is 54.9 Å². The molecule has 1 atom stereocenters. The van der Waals surface area contributed by atoms with Crippen LogP contribution < -0.4 is 0 Å². The van der Waals surface area contributed by atoms with E-state index in [0.29, 0.717) is 0 Å². The second-order valence-corrected chi connectivity index (χ2v) is 2.66. The van der Waals surface area contributed by atoms with Crippen molar-refractivity contribution in [3.05, 3.63) is 12.3 Å². The Hall–Kier alpha value is -0.630. The van der Waals surface area contributed by atoms with Crippen molar-refractivity contribution >= 4 is 6.21 Å². The van der Waals surface area contributed by atoms with E-state index < -0.39 is 0 Å². The summed E-state index contributed by atoms with van der Waals surface area (Å²) in [5.74, 6) is 0. The first-order valence-corrected chi connectivity index (χ1v) is 3.07. The first-order chi connectivity index (χ1) is 4.27. The number of nitrogens with zero attached hydrogens (tertiary/aromatic N) is 1. The van der Waals surface area contributed by atoms with Crippen LogP contribution in [0.3, 0.4) is 0 Å². The maximum atomic E-state index is 8.84. The van der Waals surface area contributed by atoms with E-state index in [1.54, 1.807) is 6.20 Å². The molecule has 0 aromatic heterocycles. The minimum atomic E-state index is -0.0538. The van der Waals surface area contributed by atoms with E-state index in [0.717, 1.165) is 6.42 Å². The van der Waals surface area contributed by atoms with Crippen molar-refractivity contribution in [3.8, 4) is 0 Å². The summed E-state index contributed by atoms with van der Waals surface area (Å²) in [6, 6.07) is 0. The lowest BCUT2D eigenvalue weighted by molar-refractivity contribution is 0.190. The molecule has 0 fully saturated rings. The molecule has 0 amide bonds. The summed E-state index contributed by atoms with van der Waals surface area (Å²) in [6.07, 6.45) is 6.35. The Morgan fingerprint density at radius 3 is 2.89 bits per heavy atom. The minimum absolute atomic E-state index is 0.0538. The fourth-order valence-electron chi connectivity index (χ4n) is 0.730. The van der Waals surface area contributed by atoms with Gasteiger partial charge in [-0.3, -0.25) is 4.99 Å². The third-order valence-corrected chi connectivity index (χ3v) is 1.59. The number of aliphatic hydroxyl groups is 1. The molecular formula is C7H11NO. The molecular weight excluding hydrogens is 114 g/mol. The largest absolute Gasteiger partial charge is 0.395 e. The molecule has 0 saturated carbocycles. The first-order valence-electron chi connectivity index (χ1n) is 3.07. The highest BCUT2D eigenvalue weighted by Crippen LogP contribution is 2.23. The van der Waals surface area contributed by atoms with Crippen molar-refractivity contribution in [2.45, 2.75) is 13.3 Å². The highest BCUT2D eigenvalue weighted by molar-refractivity contribution is 5.61. The SMILES string of the molecule is CC1(CO)C=CN=CC1. The van der Waals surface area contributed by atoms with Gasteiger partial charge in [0.05, 0.1) is 6.61 Å². The maximum Gasteiger partial charge on any atom is 0.0523 e. The highest BCUT2D eigenvalue weighted by atomic mass is 16.3. The van der Waals surface area contributed by atoms with Gasteiger partial charge in [0, 0.05) is 17.8 Å². The number of aliphatic imine (C=N–C) groups is 1. The van der Waals surface area contributed by atoms with Gasteiger partial charge in [-0.15, -0.1) is 0 Å². The van der Waals surface area contributed by atoms with Crippen molar-refractivity contribution in [1.82, 2.24) is 0 Å². The molecule has 0 saturated heterocycles. The molecule has 0 aromatic carbocycles. The molecule has 0 aromatic rings. The molecule has 1 heterocycles. The molecule has 2 heteroatoms. The van der Waals surface area contributed by atoms with Crippen LogP contribution >= 0.6 is 0 Å². The molecule has 0 bridgehead atoms.